The summed E-state index contributed by atoms with van der Waals surface area (Å²) in [5.74, 6) is -0.463. The van der Waals surface area contributed by atoms with Crippen molar-refractivity contribution >= 4 is 27.0 Å². The van der Waals surface area contributed by atoms with Crippen LogP contribution in [0.4, 0.5) is 9.18 Å². The van der Waals surface area contributed by atoms with Crippen molar-refractivity contribution in [2.75, 3.05) is 19.5 Å². The van der Waals surface area contributed by atoms with E-state index in [2.05, 4.69) is 15.1 Å². The van der Waals surface area contributed by atoms with Gasteiger partial charge < -0.3 is 14.2 Å². The first-order valence-electron chi connectivity index (χ1n) is 11.8. The number of amides is 1. The molecule has 2 saturated heterocycles. The molecule has 1 amide bonds. The number of piperidine rings is 1. The number of benzene rings is 1. The minimum absolute atomic E-state index is 0.0457. The number of aromatic nitrogens is 4. The summed E-state index contributed by atoms with van der Waals surface area (Å²) in [6.45, 7) is 6.27. The average Bonchev–Trinajstić information content (AvgIpc) is 3.21. The SMILES string of the molecule is CC(C)(C)OC(=O)N1[C@H]2COC[C@H]1CC(Oc1ncnc3c1cnn3-c1ccc(S(C)(=O)=O)cc1F)C2. The van der Waals surface area contributed by atoms with E-state index in [0.29, 0.717) is 43.0 Å². The molecule has 3 aromatic rings. The van der Waals surface area contributed by atoms with Crippen LogP contribution >= 0.6 is 0 Å². The molecular formula is C24H28FN5O6S. The van der Waals surface area contributed by atoms with E-state index >= 15 is 0 Å². The number of halogens is 1. The van der Waals surface area contributed by atoms with Crippen LogP contribution in [0.15, 0.2) is 35.6 Å². The van der Waals surface area contributed by atoms with Crippen molar-refractivity contribution in [1.82, 2.24) is 24.6 Å². The first-order valence-corrected chi connectivity index (χ1v) is 13.7. The monoisotopic (exact) mass is 533 g/mol. The van der Waals surface area contributed by atoms with Gasteiger partial charge in [-0.05, 0) is 39.0 Å². The Morgan fingerprint density at radius 2 is 1.86 bits per heavy atom. The number of carbonyl (C=O) groups is 1. The molecule has 2 fully saturated rings. The van der Waals surface area contributed by atoms with Crippen molar-refractivity contribution in [3.8, 4) is 11.6 Å². The molecule has 2 aromatic heterocycles. The number of nitrogens with zero attached hydrogens (tertiary/aromatic N) is 5. The number of rotatable bonds is 4. The summed E-state index contributed by atoms with van der Waals surface area (Å²) in [6, 6.07) is 3.22. The molecule has 5 rings (SSSR count). The summed E-state index contributed by atoms with van der Waals surface area (Å²) in [4.78, 5) is 23.0. The summed E-state index contributed by atoms with van der Waals surface area (Å²) in [7, 11) is -3.56. The van der Waals surface area contributed by atoms with Gasteiger partial charge in [0.1, 0.15) is 34.9 Å². The van der Waals surface area contributed by atoms with Gasteiger partial charge in [0.25, 0.3) is 0 Å². The van der Waals surface area contributed by atoms with E-state index in [4.69, 9.17) is 14.2 Å². The highest BCUT2D eigenvalue weighted by Gasteiger charge is 2.44. The molecule has 4 heterocycles. The molecule has 13 heteroatoms. The number of carbonyl (C=O) groups excluding carboxylic acids is 1. The van der Waals surface area contributed by atoms with E-state index in [-0.39, 0.29) is 34.9 Å². The molecule has 198 valence electrons. The van der Waals surface area contributed by atoms with Crippen molar-refractivity contribution in [3.05, 3.63) is 36.5 Å². The maximum Gasteiger partial charge on any atom is 0.410 e. The Labute approximate surface area is 213 Å². The second-order valence-corrected chi connectivity index (χ2v) is 12.3. The van der Waals surface area contributed by atoms with E-state index in [1.807, 2.05) is 20.8 Å². The number of fused-ring (bicyclic) bond motifs is 3. The lowest BCUT2D eigenvalue weighted by molar-refractivity contribution is -0.0996. The zero-order valence-corrected chi connectivity index (χ0v) is 21.7. The van der Waals surface area contributed by atoms with E-state index in [1.54, 1.807) is 4.90 Å². The van der Waals surface area contributed by atoms with E-state index in [0.717, 1.165) is 12.3 Å². The number of hydrogen-bond donors (Lipinski definition) is 0. The Balaban J connectivity index is 1.38. The highest BCUT2D eigenvalue weighted by atomic mass is 32.2. The lowest BCUT2D eigenvalue weighted by Gasteiger charge is -2.47. The van der Waals surface area contributed by atoms with Gasteiger partial charge in [0.05, 0.1) is 36.4 Å². The van der Waals surface area contributed by atoms with Crippen LogP contribution in [0.2, 0.25) is 0 Å². The van der Waals surface area contributed by atoms with E-state index in [9.17, 15) is 17.6 Å². The van der Waals surface area contributed by atoms with Gasteiger partial charge in [-0.25, -0.2) is 32.3 Å². The predicted octanol–water partition coefficient (Wildman–Crippen LogP) is 2.90. The Morgan fingerprint density at radius 3 is 2.49 bits per heavy atom. The summed E-state index contributed by atoms with van der Waals surface area (Å²) < 4.78 is 57.2. The fourth-order valence-electron chi connectivity index (χ4n) is 4.71. The van der Waals surface area contributed by atoms with Crippen molar-refractivity contribution < 1.29 is 31.8 Å². The van der Waals surface area contributed by atoms with Gasteiger partial charge in [0, 0.05) is 19.1 Å². The summed E-state index contributed by atoms with van der Waals surface area (Å²) in [6.07, 6.45) is 4.24. The van der Waals surface area contributed by atoms with Crippen LogP contribution in [0.3, 0.4) is 0 Å². The zero-order chi connectivity index (χ0) is 26.5. The average molecular weight is 534 g/mol. The Bertz CT molecular complexity index is 1440. The van der Waals surface area contributed by atoms with Crippen molar-refractivity contribution in [3.63, 3.8) is 0 Å². The van der Waals surface area contributed by atoms with E-state index < -0.39 is 21.3 Å². The highest BCUT2D eigenvalue weighted by Crippen LogP contribution is 2.33. The van der Waals surface area contributed by atoms with Gasteiger partial charge in [-0.1, -0.05) is 0 Å². The molecule has 0 radical (unpaired) electrons. The molecule has 0 aliphatic carbocycles. The summed E-state index contributed by atoms with van der Waals surface area (Å²) in [5, 5.41) is 4.73. The lowest BCUT2D eigenvalue weighted by Crippen LogP contribution is -2.61. The van der Waals surface area contributed by atoms with Crippen LogP contribution in [0.5, 0.6) is 5.88 Å². The second kappa shape index (κ2) is 9.21. The van der Waals surface area contributed by atoms with Gasteiger partial charge in [0.2, 0.25) is 5.88 Å². The Kier molecular flexibility index (Phi) is 6.31. The maximum absolute atomic E-state index is 14.8. The van der Waals surface area contributed by atoms with Crippen LogP contribution < -0.4 is 4.74 Å². The molecule has 1 aromatic carbocycles. The van der Waals surface area contributed by atoms with Crippen molar-refractivity contribution in [2.24, 2.45) is 0 Å². The topological polar surface area (TPSA) is 126 Å². The number of ether oxygens (including phenoxy) is 3. The van der Waals surface area contributed by atoms with Crippen LogP contribution in [-0.2, 0) is 19.3 Å². The fourth-order valence-corrected chi connectivity index (χ4v) is 5.35. The van der Waals surface area contributed by atoms with Crippen LogP contribution in [0.25, 0.3) is 16.7 Å². The second-order valence-electron chi connectivity index (χ2n) is 10.3. The number of morpholine rings is 1. The fraction of sp³-hybridized carbons (Fsp3) is 0.500. The molecular weight excluding hydrogens is 505 g/mol. The number of hydrogen-bond acceptors (Lipinski definition) is 9. The van der Waals surface area contributed by atoms with Crippen LogP contribution in [0, 0.1) is 5.82 Å². The van der Waals surface area contributed by atoms with Crippen LogP contribution in [0.1, 0.15) is 33.6 Å². The predicted molar refractivity (Wildman–Crippen MR) is 130 cm³/mol. The third kappa shape index (κ3) is 5.10. The van der Waals surface area contributed by atoms with Gasteiger partial charge in [-0.2, -0.15) is 5.10 Å². The Hall–Kier alpha value is -3.32. The molecule has 0 unspecified atom stereocenters. The maximum atomic E-state index is 14.8. The molecule has 37 heavy (non-hydrogen) atoms. The van der Waals surface area contributed by atoms with Gasteiger partial charge in [-0.15, -0.1) is 0 Å². The molecule has 2 atom stereocenters. The minimum atomic E-state index is -3.56. The quantitative estimate of drug-likeness (QED) is 0.498. The molecule has 0 N–H and O–H groups in total. The van der Waals surface area contributed by atoms with E-state index in [1.165, 1.54) is 29.3 Å². The largest absolute Gasteiger partial charge is 0.474 e. The first-order chi connectivity index (χ1) is 17.4. The van der Waals surface area contributed by atoms with Crippen molar-refractivity contribution in [2.45, 2.75) is 62.3 Å². The molecule has 0 spiro atoms. The standard InChI is InChI=1S/C24H28FN5O6S/c1-24(2,3)36-23(31)29-14-7-16(8-15(29)12-34-11-14)35-22-18-10-28-30(21(18)26-13-27-22)20-6-5-17(9-19(20)25)37(4,32)33/h5-6,9-10,13-16H,7-8,11-12H2,1-4H3/t14-,15-/m1/s1. The van der Waals surface area contributed by atoms with Gasteiger partial charge >= 0.3 is 6.09 Å². The Morgan fingerprint density at radius 1 is 1.16 bits per heavy atom. The van der Waals surface area contributed by atoms with Crippen LogP contribution in [-0.4, -0.2) is 82.4 Å². The first kappa shape index (κ1) is 25.3. The molecule has 2 aliphatic heterocycles. The van der Waals surface area contributed by atoms with Crippen molar-refractivity contribution in [1.29, 1.82) is 0 Å². The molecule has 11 nitrogen and oxygen atoms in total. The third-order valence-corrected chi connectivity index (χ3v) is 7.37. The summed E-state index contributed by atoms with van der Waals surface area (Å²) in [5.41, 5.74) is -0.244. The highest BCUT2D eigenvalue weighted by molar-refractivity contribution is 7.90. The smallest absolute Gasteiger partial charge is 0.410 e. The number of sulfone groups is 1. The normalized spacial score (nSPS) is 22.2. The van der Waals surface area contributed by atoms with Gasteiger partial charge in [-0.3, -0.25) is 4.90 Å². The summed E-state index contributed by atoms with van der Waals surface area (Å²) >= 11 is 0. The molecule has 0 saturated carbocycles. The third-order valence-electron chi connectivity index (χ3n) is 6.26. The zero-order valence-electron chi connectivity index (χ0n) is 20.9. The molecule has 2 aliphatic rings. The molecule has 2 bridgehead atoms. The lowest BCUT2D eigenvalue weighted by atomic mass is 9.92. The minimum Gasteiger partial charge on any atom is -0.474 e. The van der Waals surface area contributed by atoms with Gasteiger partial charge in [0.15, 0.2) is 15.5 Å².